The highest BCUT2D eigenvalue weighted by Gasteiger charge is 2.08. The fraction of sp³-hybridized carbons (Fsp3) is 0.273. The Kier molecular flexibility index (Phi) is 2.76. The summed E-state index contributed by atoms with van der Waals surface area (Å²) in [6, 6.07) is 7.63. The van der Waals surface area contributed by atoms with Crippen molar-refractivity contribution in [2.24, 2.45) is 0 Å². The highest BCUT2D eigenvalue weighted by Crippen LogP contribution is 2.17. The Balaban J connectivity index is 2.48. The maximum atomic E-state index is 5.59. The van der Waals surface area contributed by atoms with Crippen molar-refractivity contribution in [2.45, 2.75) is 13.3 Å². The van der Waals surface area contributed by atoms with Gasteiger partial charge in [0.25, 0.3) is 0 Å². The number of hydrogen-bond donors (Lipinski definition) is 1. The minimum Gasteiger partial charge on any atom is -0.497 e. The molecule has 0 aliphatic heterocycles. The maximum absolute atomic E-state index is 5.59. The molecule has 1 heterocycles. The van der Waals surface area contributed by atoms with Gasteiger partial charge in [-0.1, -0.05) is 13.0 Å². The lowest BCUT2D eigenvalue weighted by Crippen LogP contribution is -2.02. The van der Waals surface area contributed by atoms with Crippen LogP contribution >= 0.6 is 0 Å². The van der Waals surface area contributed by atoms with Gasteiger partial charge in [0, 0.05) is 12.5 Å². The number of ether oxygens (including phenoxy) is 1. The van der Waals surface area contributed by atoms with E-state index in [9.17, 15) is 0 Å². The average Bonchev–Trinajstić information content (AvgIpc) is 2.70. The van der Waals surface area contributed by atoms with Gasteiger partial charge in [0.05, 0.1) is 12.8 Å². The SMILES string of the molecule is CCc1nc(N)nn1-c1cccc(OC)c1. The third-order valence-electron chi connectivity index (χ3n) is 2.30. The first-order valence-electron chi connectivity index (χ1n) is 5.10. The predicted octanol–water partition coefficient (Wildman–Crippen LogP) is 1.42. The van der Waals surface area contributed by atoms with Crippen molar-refractivity contribution in [3.05, 3.63) is 30.1 Å². The molecule has 2 rings (SSSR count). The lowest BCUT2D eigenvalue weighted by Gasteiger charge is -2.05. The zero-order chi connectivity index (χ0) is 11.5. The first-order chi connectivity index (χ1) is 7.74. The van der Waals surface area contributed by atoms with Crippen molar-refractivity contribution in [1.82, 2.24) is 14.8 Å². The van der Waals surface area contributed by atoms with E-state index in [-0.39, 0.29) is 0 Å². The smallest absolute Gasteiger partial charge is 0.240 e. The van der Waals surface area contributed by atoms with Gasteiger partial charge in [-0.05, 0) is 12.1 Å². The number of anilines is 1. The summed E-state index contributed by atoms with van der Waals surface area (Å²) in [5.41, 5.74) is 6.49. The van der Waals surface area contributed by atoms with Crippen LogP contribution in [0.25, 0.3) is 5.69 Å². The number of aryl methyl sites for hydroxylation is 1. The van der Waals surface area contributed by atoms with Gasteiger partial charge in [-0.25, -0.2) is 4.68 Å². The molecule has 0 aliphatic rings. The molecular formula is C11H14N4O. The zero-order valence-corrected chi connectivity index (χ0v) is 9.34. The van der Waals surface area contributed by atoms with Crippen LogP contribution in [0.1, 0.15) is 12.7 Å². The van der Waals surface area contributed by atoms with Gasteiger partial charge in [-0.15, -0.1) is 5.10 Å². The number of nitrogens with two attached hydrogens (primary N) is 1. The minimum atomic E-state index is 0.291. The fourth-order valence-corrected chi connectivity index (χ4v) is 1.54. The predicted molar refractivity (Wildman–Crippen MR) is 61.7 cm³/mol. The van der Waals surface area contributed by atoms with Crippen LogP contribution in [0.5, 0.6) is 5.75 Å². The number of benzene rings is 1. The number of nitrogen functional groups attached to an aromatic ring is 1. The summed E-state index contributed by atoms with van der Waals surface area (Å²) in [6.45, 7) is 2.01. The van der Waals surface area contributed by atoms with Crippen LogP contribution in [0.15, 0.2) is 24.3 Å². The molecule has 0 spiro atoms. The van der Waals surface area contributed by atoms with Gasteiger partial charge in [-0.3, -0.25) is 0 Å². The van der Waals surface area contributed by atoms with Crippen LogP contribution < -0.4 is 10.5 Å². The summed E-state index contributed by atoms with van der Waals surface area (Å²) in [6.07, 6.45) is 0.779. The number of aromatic nitrogens is 3. The van der Waals surface area contributed by atoms with E-state index >= 15 is 0 Å². The molecule has 5 heteroatoms. The van der Waals surface area contributed by atoms with Crippen LogP contribution in [0.2, 0.25) is 0 Å². The molecule has 2 N–H and O–H groups in total. The zero-order valence-electron chi connectivity index (χ0n) is 9.34. The Morgan fingerprint density at radius 2 is 2.25 bits per heavy atom. The number of nitrogens with zero attached hydrogens (tertiary/aromatic N) is 3. The standard InChI is InChI=1S/C11H14N4O/c1-3-10-13-11(12)14-15(10)8-5-4-6-9(7-8)16-2/h4-7H,3H2,1-2H3,(H2,12,14). The first-order valence-corrected chi connectivity index (χ1v) is 5.10. The largest absolute Gasteiger partial charge is 0.497 e. The third kappa shape index (κ3) is 1.84. The minimum absolute atomic E-state index is 0.291. The quantitative estimate of drug-likeness (QED) is 0.846. The van der Waals surface area contributed by atoms with Gasteiger partial charge in [-0.2, -0.15) is 4.98 Å². The summed E-state index contributed by atoms with van der Waals surface area (Å²) in [5, 5.41) is 4.15. The monoisotopic (exact) mass is 218 g/mol. The number of hydrogen-bond acceptors (Lipinski definition) is 4. The lowest BCUT2D eigenvalue weighted by molar-refractivity contribution is 0.414. The molecule has 1 aromatic heterocycles. The molecule has 0 unspecified atom stereocenters. The molecule has 0 amide bonds. The van der Waals surface area contributed by atoms with Crippen molar-refractivity contribution in [3.63, 3.8) is 0 Å². The molecule has 5 nitrogen and oxygen atoms in total. The van der Waals surface area contributed by atoms with Crippen molar-refractivity contribution >= 4 is 5.95 Å². The van der Waals surface area contributed by atoms with E-state index in [0.717, 1.165) is 23.7 Å². The Labute approximate surface area is 93.9 Å². The molecular weight excluding hydrogens is 204 g/mol. The molecule has 0 saturated carbocycles. The average molecular weight is 218 g/mol. The third-order valence-corrected chi connectivity index (χ3v) is 2.30. The second kappa shape index (κ2) is 4.22. The van der Waals surface area contributed by atoms with Crippen molar-refractivity contribution in [2.75, 3.05) is 12.8 Å². The molecule has 2 aromatic rings. The maximum Gasteiger partial charge on any atom is 0.240 e. The Hall–Kier alpha value is -2.04. The van der Waals surface area contributed by atoms with E-state index in [1.165, 1.54) is 0 Å². The topological polar surface area (TPSA) is 66.0 Å². The van der Waals surface area contributed by atoms with Gasteiger partial charge in [0.2, 0.25) is 5.95 Å². The highest BCUT2D eigenvalue weighted by atomic mass is 16.5. The fourth-order valence-electron chi connectivity index (χ4n) is 1.54. The number of methoxy groups -OCH3 is 1. The second-order valence-electron chi connectivity index (χ2n) is 3.35. The Morgan fingerprint density at radius 1 is 1.44 bits per heavy atom. The molecule has 0 saturated heterocycles. The molecule has 0 aliphatic carbocycles. The van der Waals surface area contributed by atoms with Gasteiger partial charge >= 0.3 is 0 Å². The van der Waals surface area contributed by atoms with E-state index in [0.29, 0.717) is 5.95 Å². The van der Waals surface area contributed by atoms with Gasteiger partial charge in [0.1, 0.15) is 11.6 Å². The van der Waals surface area contributed by atoms with Crippen molar-refractivity contribution in [3.8, 4) is 11.4 Å². The van der Waals surface area contributed by atoms with Crippen LogP contribution in [-0.2, 0) is 6.42 Å². The molecule has 0 radical (unpaired) electrons. The van der Waals surface area contributed by atoms with Crippen LogP contribution in [0, 0.1) is 0 Å². The molecule has 0 fully saturated rings. The molecule has 0 atom stereocenters. The van der Waals surface area contributed by atoms with Crippen LogP contribution in [-0.4, -0.2) is 21.9 Å². The summed E-state index contributed by atoms with van der Waals surface area (Å²) < 4.78 is 6.90. The summed E-state index contributed by atoms with van der Waals surface area (Å²) in [5.74, 6) is 1.92. The molecule has 16 heavy (non-hydrogen) atoms. The van der Waals surface area contributed by atoms with Crippen LogP contribution in [0.3, 0.4) is 0 Å². The molecule has 1 aromatic carbocycles. The van der Waals surface area contributed by atoms with E-state index in [1.807, 2.05) is 31.2 Å². The van der Waals surface area contributed by atoms with Crippen LogP contribution in [0.4, 0.5) is 5.95 Å². The van der Waals surface area contributed by atoms with E-state index in [4.69, 9.17) is 10.5 Å². The van der Waals surface area contributed by atoms with E-state index in [2.05, 4.69) is 10.1 Å². The van der Waals surface area contributed by atoms with Crippen molar-refractivity contribution < 1.29 is 4.74 Å². The highest BCUT2D eigenvalue weighted by molar-refractivity contribution is 5.40. The van der Waals surface area contributed by atoms with E-state index < -0.39 is 0 Å². The lowest BCUT2D eigenvalue weighted by atomic mass is 10.3. The molecule has 84 valence electrons. The summed E-state index contributed by atoms with van der Waals surface area (Å²) in [4.78, 5) is 4.15. The van der Waals surface area contributed by atoms with Crippen molar-refractivity contribution in [1.29, 1.82) is 0 Å². The Morgan fingerprint density at radius 3 is 2.94 bits per heavy atom. The molecule has 0 bridgehead atoms. The van der Waals surface area contributed by atoms with E-state index in [1.54, 1.807) is 11.8 Å². The second-order valence-corrected chi connectivity index (χ2v) is 3.35. The van der Waals surface area contributed by atoms with Gasteiger partial charge < -0.3 is 10.5 Å². The number of rotatable bonds is 3. The summed E-state index contributed by atoms with van der Waals surface area (Å²) >= 11 is 0. The summed E-state index contributed by atoms with van der Waals surface area (Å²) in [7, 11) is 1.63. The Bertz CT molecular complexity index is 492. The first kappa shape index (κ1) is 10.5. The normalized spacial score (nSPS) is 10.4. The van der Waals surface area contributed by atoms with Gasteiger partial charge in [0.15, 0.2) is 0 Å².